The summed E-state index contributed by atoms with van der Waals surface area (Å²) in [5.41, 5.74) is 0.389. The second-order valence-electron chi connectivity index (χ2n) is 4.62. The van der Waals surface area contributed by atoms with E-state index in [1.165, 1.54) is 17.9 Å². The van der Waals surface area contributed by atoms with Crippen molar-refractivity contribution in [1.29, 1.82) is 0 Å². The van der Waals surface area contributed by atoms with E-state index in [9.17, 15) is 5.11 Å². The molecule has 78 valence electrons. The second kappa shape index (κ2) is 4.67. The van der Waals surface area contributed by atoms with Crippen molar-refractivity contribution in [2.45, 2.75) is 39.3 Å². The summed E-state index contributed by atoms with van der Waals surface area (Å²) < 4.78 is 0. The lowest BCUT2D eigenvalue weighted by Gasteiger charge is -2.39. The van der Waals surface area contributed by atoms with Gasteiger partial charge in [-0.1, -0.05) is 13.8 Å². The van der Waals surface area contributed by atoms with E-state index in [1.807, 2.05) is 18.7 Å². The Morgan fingerprint density at radius 3 is 2.85 bits per heavy atom. The molecule has 0 bridgehead atoms. The first-order valence-corrected chi connectivity index (χ1v) is 6.17. The van der Waals surface area contributed by atoms with Crippen molar-refractivity contribution in [3.63, 3.8) is 0 Å². The molecule has 1 fully saturated rings. The second-order valence-corrected chi connectivity index (χ2v) is 5.77. The fourth-order valence-corrected chi connectivity index (χ4v) is 3.23. The van der Waals surface area contributed by atoms with Gasteiger partial charge in [0.15, 0.2) is 0 Å². The Balaban J connectivity index is 2.37. The standard InChI is InChI=1S/C10H21NOS/c1-8(12)6-11-9-7-13-5-4-10(9,2)3/h8-9,11-12H,4-7H2,1-3H3/t8-,9?/m1/s1. The van der Waals surface area contributed by atoms with Crippen LogP contribution >= 0.6 is 11.8 Å². The number of hydrogen-bond donors (Lipinski definition) is 2. The minimum absolute atomic E-state index is 0.234. The van der Waals surface area contributed by atoms with Crippen molar-refractivity contribution >= 4 is 11.8 Å². The number of aliphatic hydroxyl groups is 1. The Morgan fingerprint density at radius 2 is 2.31 bits per heavy atom. The average molecular weight is 203 g/mol. The highest BCUT2D eigenvalue weighted by Crippen LogP contribution is 2.33. The maximum Gasteiger partial charge on any atom is 0.0636 e. The van der Waals surface area contributed by atoms with Gasteiger partial charge in [0.2, 0.25) is 0 Å². The van der Waals surface area contributed by atoms with E-state index < -0.39 is 0 Å². The Kier molecular flexibility index (Phi) is 4.07. The monoisotopic (exact) mass is 203 g/mol. The predicted molar refractivity (Wildman–Crippen MR) is 59.2 cm³/mol. The number of aliphatic hydroxyl groups excluding tert-OH is 1. The molecule has 1 rings (SSSR count). The highest BCUT2D eigenvalue weighted by molar-refractivity contribution is 7.99. The molecule has 0 spiro atoms. The van der Waals surface area contributed by atoms with Gasteiger partial charge < -0.3 is 10.4 Å². The van der Waals surface area contributed by atoms with Gasteiger partial charge in [-0.25, -0.2) is 0 Å². The van der Waals surface area contributed by atoms with Gasteiger partial charge in [-0.2, -0.15) is 11.8 Å². The molecule has 1 aliphatic rings. The maximum atomic E-state index is 9.18. The van der Waals surface area contributed by atoms with Gasteiger partial charge in [0, 0.05) is 18.3 Å². The van der Waals surface area contributed by atoms with Crippen LogP contribution in [0.1, 0.15) is 27.2 Å². The maximum absolute atomic E-state index is 9.18. The average Bonchev–Trinajstić information content (AvgIpc) is 2.01. The summed E-state index contributed by atoms with van der Waals surface area (Å²) in [4.78, 5) is 0. The lowest BCUT2D eigenvalue weighted by atomic mass is 9.82. The van der Waals surface area contributed by atoms with E-state index in [0.717, 1.165) is 0 Å². The van der Waals surface area contributed by atoms with Crippen LogP contribution in [0.4, 0.5) is 0 Å². The Hall–Kier alpha value is 0.270. The smallest absolute Gasteiger partial charge is 0.0636 e. The van der Waals surface area contributed by atoms with E-state index in [2.05, 4.69) is 19.2 Å². The van der Waals surface area contributed by atoms with E-state index in [4.69, 9.17) is 0 Å². The van der Waals surface area contributed by atoms with Crippen LogP contribution in [0.2, 0.25) is 0 Å². The highest BCUT2D eigenvalue weighted by atomic mass is 32.2. The van der Waals surface area contributed by atoms with Crippen molar-refractivity contribution in [1.82, 2.24) is 5.32 Å². The molecule has 0 saturated carbocycles. The molecule has 1 saturated heterocycles. The van der Waals surface area contributed by atoms with E-state index in [0.29, 0.717) is 18.0 Å². The third-order valence-electron chi connectivity index (χ3n) is 2.78. The summed E-state index contributed by atoms with van der Waals surface area (Å²) in [6, 6.07) is 0.556. The van der Waals surface area contributed by atoms with Gasteiger partial charge >= 0.3 is 0 Å². The number of nitrogens with one attached hydrogen (secondary N) is 1. The number of hydrogen-bond acceptors (Lipinski definition) is 3. The van der Waals surface area contributed by atoms with Gasteiger partial charge in [-0.3, -0.25) is 0 Å². The lowest BCUT2D eigenvalue weighted by Crippen LogP contribution is -2.48. The van der Waals surface area contributed by atoms with Crippen LogP contribution in [0.5, 0.6) is 0 Å². The Morgan fingerprint density at radius 1 is 1.62 bits per heavy atom. The fourth-order valence-electron chi connectivity index (χ4n) is 1.58. The van der Waals surface area contributed by atoms with Crippen molar-refractivity contribution < 1.29 is 5.11 Å². The molecule has 1 heterocycles. The molecule has 0 aromatic carbocycles. The van der Waals surface area contributed by atoms with Crippen molar-refractivity contribution in [2.75, 3.05) is 18.1 Å². The quantitative estimate of drug-likeness (QED) is 0.729. The molecular formula is C10H21NOS. The van der Waals surface area contributed by atoms with Crippen molar-refractivity contribution in [2.24, 2.45) is 5.41 Å². The molecule has 2 nitrogen and oxygen atoms in total. The van der Waals surface area contributed by atoms with Crippen LogP contribution in [0, 0.1) is 5.41 Å². The molecule has 1 unspecified atom stereocenters. The molecule has 2 N–H and O–H groups in total. The molecule has 1 aliphatic heterocycles. The van der Waals surface area contributed by atoms with E-state index in [1.54, 1.807) is 0 Å². The largest absolute Gasteiger partial charge is 0.392 e. The molecule has 2 atom stereocenters. The van der Waals surface area contributed by atoms with Crippen LogP contribution in [0.3, 0.4) is 0 Å². The summed E-state index contributed by atoms with van der Waals surface area (Å²) in [6.07, 6.45) is 1.04. The molecule has 3 heteroatoms. The zero-order valence-corrected chi connectivity index (χ0v) is 9.66. The zero-order chi connectivity index (χ0) is 9.90. The molecule has 13 heavy (non-hydrogen) atoms. The summed E-state index contributed by atoms with van der Waals surface area (Å²) in [7, 11) is 0. The first-order valence-electron chi connectivity index (χ1n) is 5.01. The van der Waals surface area contributed by atoms with Crippen LogP contribution in [0.25, 0.3) is 0 Å². The molecule has 0 aliphatic carbocycles. The molecular weight excluding hydrogens is 182 g/mol. The number of rotatable bonds is 3. The van der Waals surface area contributed by atoms with Crippen molar-refractivity contribution in [3.8, 4) is 0 Å². The first-order chi connectivity index (χ1) is 6.02. The minimum Gasteiger partial charge on any atom is -0.392 e. The summed E-state index contributed by atoms with van der Waals surface area (Å²) in [6.45, 7) is 7.17. The van der Waals surface area contributed by atoms with Crippen LogP contribution in [-0.2, 0) is 0 Å². The minimum atomic E-state index is -0.234. The molecule has 0 radical (unpaired) electrons. The van der Waals surface area contributed by atoms with Gasteiger partial charge in [0.05, 0.1) is 6.10 Å². The molecule has 0 amide bonds. The van der Waals surface area contributed by atoms with Gasteiger partial charge in [0.25, 0.3) is 0 Å². The topological polar surface area (TPSA) is 32.3 Å². The van der Waals surface area contributed by atoms with E-state index in [-0.39, 0.29) is 6.10 Å². The molecule has 0 aromatic heterocycles. The van der Waals surface area contributed by atoms with Crippen LogP contribution in [0.15, 0.2) is 0 Å². The Bertz CT molecular complexity index is 159. The molecule has 0 aromatic rings. The van der Waals surface area contributed by atoms with Crippen LogP contribution < -0.4 is 5.32 Å². The van der Waals surface area contributed by atoms with Crippen LogP contribution in [-0.4, -0.2) is 35.3 Å². The predicted octanol–water partition coefficient (Wildman–Crippen LogP) is 1.49. The highest BCUT2D eigenvalue weighted by Gasteiger charge is 2.32. The third kappa shape index (κ3) is 3.49. The third-order valence-corrected chi connectivity index (χ3v) is 3.84. The van der Waals surface area contributed by atoms with E-state index >= 15 is 0 Å². The SMILES string of the molecule is C[C@@H](O)CNC1CSCCC1(C)C. The van der Waals surface area contributed by atoms with Crippen molar-refractivity contribution in [3.05, 3.63) is 0 Å². The lowest BCUT2D eigenvalue weighted by molar-refractivity contribution is 0.166. The summed E-state index contributed by atoms with van der Waals surface area (Å²) in [5, 5.41) is 12.6. The van der Waals surface area contributed by atoms with Gasteiger partial charge in [-0.15, -0.1) is 0 Å². The summed E-state index contributed by atoms with van der Waals surface area (Å²) >= 11 is 2.01. The summed E-state index contributed by atoms with van der Waals surface area (Å²) in [5.74, 6) is 2.46. The van der Waals surface area contributed by atoms with Gasteiger partial charge in [-0.05, 0) is 24.5 Å². The first kappa shape index (κ1) is 11.3. The Labute approximate surface area is 85.5 Å². The normalized spacial score (nSPS) is 30.0. The zero-order valence-electron chi connectivity index (χ0n) is 8.84. The van der Waals surface area contributed by atoms with Gasteiger partial charge in [0.1, 0.15) is 0 Å². The fraction of sp³-hybridized carbons (Fsp3) is 1.00. The number of thioether (sulfide) groups is 1.